The lowest BCUT2D eigenvalue weighted by molar-refractivity contribution is -0.137. The van der Waals surface area contributed by atoms with Crippen LogP contribution in [-0.4, -0.2) is 41.1 Å². The van der Waals surface area contributed by atoms with Crippen molar-refractivity contribution in [3.63, 3.8) is 0 Å². The zero-order valence-electron chi connectivity index (χ0n) is 15.6. The summed E-state index contributed by atoms with van der Waals surface area (Å²) in [5.74, 6) is 0.737. The van der Waals surface area contributed by atoms with E-state index in [4.69, 9.17) is 9.26 Å². The van der Waals surface area contributed by atoms with E-state index in [1.807, 2.05) is 36.9 Å². The maximum Gasteiger partial charge on any atom is 0.339 e. The highest BCUT2D eigenvalue weighted by molar-refractivity contribution is 7.98. The standard InChI is InChI=1S/C20H24N2O4S/c1-14-7-5-6-10-22(14)19(23)12-25-20(24)17-8-3-4-9-18(17)27-13-16-11-15(2)26-21-16/h3-4,8-9,11,14H,5-7,10,12-13H2,1-2H3/t14-/m0/s1. The van der Waals surface area contributed by atoms with Crippen LogP contribution < -0.4 is 0 Å². The Hall–Kier alpha value is -2.28. The Morgan fingerprint density at radius 1 is 1.33 bits per heavy atom. The summed E-state index contributed by atoms with van der Waals surface area (Å²) in [5.41, 5.74) is 1.28. The van der Waals surface area contributed by atoms with Gasteiger partial charge in [0, 0.05) is 29.3 Å². The largest absolute Gasteiger partial charge is 0.452 e. The number of esters is 1. The average Bonchev–Trinajstić information content (AvgIpc) is 3.10. The molecule has 0 aliphatic carbocycles. The minimum Gasteiger partial charge on any atom is -0.452 e. The van der Waals surface area contributed by atoms with Crippen LogP contribution in [-0.2, 0) is 15.3 Å². The quantitative estimate of drug-likeness (QED) is 0.553. The van der Waals surface area contributed by atoms with Gasteiger partial charge in [-0.3, -0.25) is 4.79 Å². The minimum absolute atomic E-state index is 0.126. The van der Waals surface area contributed by atoms with E-state index >= 15 is 0 Å². The monoisotopic (exact) mass is 388 g/mol. The number of ether oxygens (including phenoxy) is 1. The van der Waals surface area contributed by atoms with Crippen LogP contribution in [0.5, 0.6) is 0 Å². The first kappa shape index (κ1) is 19.5. The number of rotatable bonds is 6. The number of piperidine rings is 1. The van der Waals surface area contributed by atoms with Gasteiger partial charge in [0.1, 0.15) is 5.76 Å². The van der Waals surface area contributed by atoms with Gasteiger partial charge in [-0.1, -0.05) is 17.3 Å². The van der Waals surface area contributed by atoms with Crippen LogP contribution in [0, 0.1) is 6.92 Å². The van der Waals surface area contributed by atoms with Gasteiger partial charge in [-0.2, -0.15) is 0 Å². The molecule has 27 heavy (non-hydrogen) atoms. The lowest BCUT2D eigenvalue weighted by atomic mass is 10.0. The van der Waals surface area contributed by atoms with E-state index in [1.54, 1.807) is 12.1 Å². The van der Waals surface area contributed by atoms with Gasteiger partial charge in [0.25, 0.3) is 5.91 Å². The molecule has 0 radical (unpaired) electrons. The van der Waals surface area contributed by atoms with Crippen molar-refractivity contribution in [1.82, 2.24) is 10.1 Å². The summed E-state index contributed by atoms with van der Waals surface area (Å²) in [7, 11) is 0. The van der Waals surface area contributed by atoms with Crippen molar-refractivity contribution in [2.75, 3.05) is 13.2 Å². The maximum atomic E-state index is 12.5. The SMILES string of the molecule is Cc1cc(CSc2ccccc2C(=O)OCC(=O)N2CCCC[C@@H]2C)no1. The van der Waals surface area contributed by atoms with Crippen LogP contribution in [0.3, 0.4) is 0 Å². The second-order valence-electron chi connectivity index (χ2n) is 6.72. The number of nitrogens with zero attached hydrogens (tertiary/aromatic N) is 2. The number of aromatic nitrogens is 1. The molecule has 1 atom stereocenters. The Bertz CT molecular complexity index is 805. The van der Waals surface area contributed by atoms with Crippen molar-refractivity contribution in [2.24, 2.45) is 0 Å². The summed E-state index contributed by atoms with van der Waals surface area (Å²) in [6.45, 7) is 4.40. The Balaban J connectivity index is 1.58. The van der Waals surface area contributed by atoms with Crippen molar-refractivity contribution in [3.8, 4) is 0 Å². The fourth-order valence-electron chi connectivity index (χ4n) is 3.16. The van der Waals surface area contributed by atoms with Gasteiger partial charge in [-0.15, -0.1) is 11.8 Å². The zero-order valence-corrected chi connectivity index (χ0v) is 16.5. The van der Waals surface area contributed by atoms with Gasteiger partial charge in [0.05, 0.1) is 11.3 Å². The molecule has 6 nitrogen and oxygen atoms in total. The summed E-state index contributed by atoms with van der Waals surface area (Å²) in [4.78, 5) is 27.5. The molecule has 1 saturated heterocycles. The highest BCUT2D eigenvalue weighted by Crippen LogP contribution is 2.27. The van der Waals surface area contributed by atoms with Crippen molar-refractivity contribution in [3.05, 3.63) is 47.3 Å². The molecule has 0 bridgehead atoms. The third-order valence-electron chi connectivity index (χ3n) is 4.61. The first-order valence-electron chi connectivity index (χ1n) is 9.15. The summed E-state index contributed by atoms with van der Waals surface area (Å²) < 4.78 is 10.4. The second kappa shape index (κ2) is 9.08. The van der Waals surface area contributed by atoms with E-state index in [0.717, 1.165) is 42.2 Å². The smallest absolute Gasteiger partial charge is 0.339 e. The first-order valence-corrected chi connectivity index (χ1v) is 10.1. The number of amides is 1. The van der Waals surface area contributed by atoms with Crippen LogP contribution in [0.4, 0.5) is 0 Å². The molecule has 1 aromatic heterocycles. The molecule has 0 N–H and O–H groups in total. The summed E-state index contributed by atoms with van der Waals surface area (Å²) in [5, 5.41) is 3.96. The molecule has 1 aromatic carbocycles. The Kier molecular flexibility index (Phi) is 6.55. The van der Waals surface area contributed by atoms with Gasteiger partial charge in [0.15, 0.2) is 6.61 Å². The minimum atomic E-state index is -0.479. The van der Waals surface area contributed by atoms with Crippen molar-refractivity contribution < 1.29 is 18.8 Å². The van der Waals surface area contributed by atoms with Gasteiger partial charge in [-0.25, -0.2) is 4.79 Å². The topological polar surface area (TPSA) is 72.6 Å². The van der Waals surface area contributed by atoms with E-state index in [2.05, 4.69) is 5.16 Å². The van der Waals surface area contributed by atoms with Gasteiger partial charge in [0.2, 0.25) is 0 Å². The van der Waals surface area contributed by atoms with Crippen molar-refractivity contribution >= 4 is 23.6 Å². The number of hydrogen-bond donors (Lipinski definition) is 0. The van der Waals surface area contributed by atoms with Crippen molar-refractivity contribution in [2.45, 2.75) is 49.8 Å². The van der Waals surface area contributed by atoms with Crippen LogP contribution in [0.1, 0.15) is 48.0 Å². The number of aryl methyl sites for hydroxylation is 1. The molecule has 3 rings (SSSR count). The second-order valence-corrected chi connectivity index (χ2v) is 7.74. The van der Waals surface area contributed by atoms with Crippen LogP contribution in [0.25, 0.3) is 0 Å². The molecule has 1 fully saturated rings. The summed E-state index contributed by atoms with van der Waals surface area (Å²) in [6, 6.07) is 9.31. The van der Waals surface area contributed by atoms with E-state index in [9.17, 15) is 9.59 Å². The number of thioether (sulfide) groups is 1. The highest BCUT2D eigenvalue weighted by Gasteiger charge is 2.24. The fraction of sp³-hybridized carbons (Fsp3) is 0.450. The van der Waals surface area contributed by atoms with Crippen LogP contribution in [0.15, 0.2) is 39.8 Å². The third kappa shape index (κ3) is 5.13. The highest BCUT2D eigenvalue weighted by atomic mass is 32.2. The van der Waals surface area contributed by atoms with Crippen LogP contribution in [0.2, 0.25) is 0 Å². The Morgan fingerprint density at radius 2 is 2.15 bits per heavy atom. The van der Waals surface area contributed by atoms with E-state index in [0.29, 0.717) is 11.3 Å². The number of benzene rings is 1. The van der Waals surface area contributed by atoms with E-state index in [1.165, 1.54) is 11.8 Å². The fourth-order valence-corrected chi connectivity index (χ4v) is 4.08. The Labute approximate surface area is 163 Å². The first-order chi connectivity index (χ1) is 13.0. The maximum absolute atomic E-state index is 12.5. The molecule has 7 heteroatoms. The zero-order chi connectivity index (χ0) is 19.2. The molecule has 2 heterocycles. The lowest BCUT2D eigenvalue weighted by Crippen LogP contribution is -2.44. The average molecular weight is 388 g/mol. The number of carbonyl (C=O) groups excluding carboxylic acids is 2. The molecule has 1 amide bonds. The molecule has 0 unspecified atom stereocenters. The predicted octanol–water partition coefficient (Wildman–Crippen LogP) is 3.83. The summed E-state index contributed by atoms with van der Waals surface area (Å²) >= 11 is 1.49. The molecule has 2 aromatic rings. The predicted molar refractivity (Wildman–Crippen MR) is 103 cm³/mol. The normalized spacial score (nSPS) is 17.0. The molecule has 144 valence electrons. The van der Waals surface area contributed by atoms with E-state index < -0.39 is 5.97 Å². The molecular formula is C20H24N2O4S. The van der Waals surface area contributed by atoms with Crippen molar-refractivity contribution in [1.29, 1.82) is 0 Å². The third-order valence-corrected chi connectivity index (χ3v) is 5.72. The summed E-state index contributed by atoms with van der Waals surface area (Å²) in [6.07, 6.45) is 3.14. The number of carbonyl (C=O) groups is 2. The molecule has 0 spiro atoms. The lowest BCUT2D eigenvalue weighted by Gasteiger charge is -2.33. The van der Waals surface area contributed by atoms with E-state index in [-0.39, 0.29) is 18.6 Å². The Morgan fingerprint density at radius 3 is 2.89 bits per heavy atom. The molecule has 0 saturated carbocycles. The van der Waals surface area contributed by atoms with Gasteiger partial charge < -0.3 is 14.2 Å². The number of hydrogen-bond acceptors (Lipinski definition) is 6. The molecular weight excluding hydrogens is 364 g/mol. The van der Waals surface area contributed by atoms with Crippen LogP contribution >= 0.6 is 11.8 Å². The van der Waals surface area contributed by atoms with Gasteiger partial charge >= 0.3 is 5.97 Å². The number of likely N-dealkylation sites (tertiary alicyclic amines) is 1. The molecule has 1 aliphatic rings. The molecule has 1 aliphatic heterocycles. The van der Waals surface area contributed by atoms with Gasteiger partial charge in [-0.05, 0) is 45.2 Å².